The molecule has 2 rings (SSSR count). The van der Waals surface area contributed by atoms with E-state index in [1.807, 2.05) is 26.0 Å². The Morgan fingerprint density at radius 1 is 1.28 bits per heavy atom. The molecule has 1 amide bonds. The maximum absolute atomic E-state index is 12.1. The fourth-order valence-electron chi connectivity index (χ4n) is 1.70. The number of carbonyl (C=O) groups excluding carboxylic acids is 1. The van der Waals surface area contributed by atoms with Gasteiger partial charge in [-0.25, -0.2) is 0 Å². The zero-order chi connectivity index (χ0) is 13.3. The van der Waals surface area contributed by atoms with Gasteiger partial charge in [0.05, 0.1) is 5.69 Å². The lowest BCUT2D eigenvalue weighted by Crippen LogP contribution is -2.36. The molecule has 1 aliphatic heterocycles. The van der Waals surface area contributed by atoms with Gasteiger partial charge < -0.3 is 10.6 Å². The van der Waals surface area contributed by atoms with E-state index in [2.05, 4.69) is 42.5 Å². The van der Waals surface area contributed by atoms with E-state index in [1.165, 1.54) is 5.57 Å². The van der Waals surface area contributed by atoms with Gasteiger partial charge in [0.25, 0.3) is 5.91 Å². The molecular weight excluding hydrogens is 360 g/mol. The van der Waals surface area contributed by atoms with Crippen LogP contribution in [0.3, 0.4) is 0 Å². The van der Waals surface area contributed by atoms with Crippen LogP contribution in [-0.2, 0) is 4.79 Å². The highest BCUT2D eigenvalue weighted by Crippen LogP contribution is 2.32. The first-order chi connectivity index (χ1) is 8.49. The van der Waals surface area contributed by atoms with Gasteiger partial charge in [-0.15, -0.1) is 0 Å². The van der Waals surface area contributed by atoms with E-state index < -0.39 is 0 Å². The normalized spacial score (nSPS) is 14.1. The quantitative estimate of drug-likeness (QED) is 0.780. The summed E-state index contributed by atoms with van der Waals surface area (Å²) in [5.74, 6) is -0.0447. The summed E-state index contributed by atoms with van der Waals surface area (Å²) in [5.41, 5.74) is 3.88. The Morgan fingerprint density at radius 2 is 1.83 bits per heavy atom. The third-order valence-corrected chi connectivity index (χ3v) is 4.22. The van der Waals surface area contributed by atoms with Crippen molar-refractivity contribution in [1.82, 2.24) is 5.32 Å². The Morgan fingerprint density at radius 3 is 2.28 bits per heavy atom. The van der Waals surface area contributed by atoms with Crippen LogP contribution in [0.25, 0.3) is 0 Å². The van der Waals surface area contributed by atoms with Gasteiger partial charge >= 0.3 is 0 Å². The molecule has 0 unspecified atom stereocenters. The number of carbonyl (C=O) groups is 1. The molecule has 5 heteroatoms. The molecule has 0 radical (unpaired) electrons. The molecule has 1 aromatic rings. The van der Waals surface area contributed by atoms with Crippen molar-refractivity contribution in [1.29, 1.82) is 0 Å². The van der Waals surface area contributed by atoms with Crippen LogP contribution in [0.1, 0.15) is 12.5 Å². The highest BCUT2D eigenvalue weighted by Gasteiger charge is 2.17. The smallest absolute Gasteiger partial charge is 0.251 e. The van der Waals surface area contributed by atoms with E-state index in [1.54, 1.807) is 0 Å². The number of benzene rings is 1. The number of nitrogens with one attached hydrogen (secondary N) is 2. The predicted octanol–water partition coefficient (Wildman–Crippen LogP) is 3.38. The van der Waals surface area contributed by atoms with E-state index in [-0.39, 0.29) is 5.91 Å². The third kappa shape index (κ3) is 2.84. The lowest BCUT2D eigenvalue weighted by atomic mass is 10.0. The standard InChI is InChI=1S/C13H14Br2N2O/c1-7-3-10(14)12(11(15)4-7)17-13(18)8(2)9-5-16-6-9/h3-4,16H,5-6H2,1-2H3,(H,17,18). The van der Waals surface area contributed by atoms with Crippen LogP contribution in [0.4, 0.5) is 5.69 Å². The first-order valence-corrected chi connectivity index (χ1v) is 7.24. The molecule has 0 aliphatic carbocycles. The Balaban J connectivity index is 2.22. The minimum atomic E-state index is -0.0447. The van der Waals surface area contributed by atoms with Crippen molar-refractivity contribution in [2.24, 2.45) is 0 Å². The molecule has 1 aromatic carbocycles. The lowest BCUT2D eigenvalue weighted by Gasteiger charge is -2.21. The third-order valence-electron chi connectivity index (χ3n) is 2.97. The number of hydrogen-bond donors (Lipinski definition) is 2. The Hall–Kier alpha value is -0.650. The fourth-order valence-corrected chi connectivity index (χ4v) is 3.32. The second kappa shape index (κ2) is 5.55. The van der Waals surface area contributed by atoms with Crippen LogP contribution in [-0.4, -0.2) is 19.0 Å². The van der Waals surface area contributed by atoms with Crippen LogP contribution in [0.15, 0.2) is 32.2 Å². The zero-order valence-corrected chi connectivity index (χ0v) is 13.4. The average molecular weight is 374 g/mol. The van der Waals surface area contributed by atoms with Gasteiger partial charge in [-0.3, -0.25) is 4.79 Å². The highest BCUT2D eigenvalue weighted by molar-refractivity contribution is 9.11. The van der Waals surface area contributed by atoms with E-state index in [4.69, 9.17) is 0 Å². The average Bonchev–Trinajstić information content (AvgIpc) is 2.20. The number of rotatable bonds is 2. The zero-order valence-electron chi connectivity index (χ0n) is 10.2. The second-order valence-corrected chi connectivity index (χ2v) is 6.10. The molecule has 2 N–H and O–H groups in total. The summed E-state index contributed by atoms with van der Waals surface area (Å²) in [7, 11) is 0. The number of amides is 1. The summed E-state index contributed by atoms with van der Waals surface area (Å²) in [5, 5.41) is 6.07. The van der Waals surface area contributed by atoms with E-state index >= 15 is 0 Å². The maximum atomic E-state index is 12.1. The van der Waals surface area contributed by atoms with Crippen molar-refractivity contribution in [3.63, 3.8) is 0 Å². The topological polar surface area (TPSA) is 41.1 Å². The van der Waals surface area contributed by atoms with Crippen molar-refractivity contribution < 1.29 is 4.79 Å². The molecule has 0 bridgehead atoms. The first-order valence-electron chi connectivity index (χ1n) is 5.65. The molecule has 1 saturated heterocycles. The van der Waals surface area contributed by atoms with Crippen molar-refractivity contribution in [2.75, 3.05) is 18.4 Å². The molecule has 0 aromatic heterocycles. The molecule has 3 nitrogen and oxygen atoms in total. The molecular formula is C13H14Br2N2O. The summed E-state index contributed by atoms with van der Waals surface area (Å²) in [6.07, 6.45) is 0. The van der Waals surface area contributed by atoms with Crippen LogP contribution in [0.2, 0.25) is 0 Å². The van der Waals surface area contributed by atoms with Crippen LogP contribution >= 0.6 is 31.9 Å². The second-order valence-electron chi connectivity index (χ2n) is 4.39. The molecule has 1 aliphatic rings. The molecule has 1 fully saturated rings. The summed E-state index contributed by atoms with van der Waals surface area (Å²) in [6, 6.07) is 3.96. The SMILES string of the molecule is CC(C(=O)Nc1c(Br)cc(C)cc1Br)=C1CNC1. The Kier molecular flexibility index (Phi) is 4.25. The summed E-state index contributed by atoms with van der Waals surface area (Å²) in [6.45, 7) is 5.50. The summed E-state index contributed by atoms with van der Waals surface area (Å²) in [4.78, 5) is 12.1. The first kappa shape index (κ1) is 13.8. The molecule has 18 heavy (non-hydrogen) atoms. The van der Waals surface area contributed by atoms with Crippen LogP contribution in [0, 0.1) is 6.92 Å². The van der Waals surface area contributed by atoms with E-state index in [9.17, 15) is 4.79 Å². The largest absolute Gasteiger partial charge is 0.320 e. The van der Waals surface area contributed by atoms with Crippen molar-refractivity contribution in [3.8, 4) is 0 Å². The number of anilines is 1. The van der Waals surface area contributed by atoms with Gasteiger partial charge in [0.2, 0.25) is 0 Å². The van der Waals surface area contributed by atoms with Gasteiger partial charge in [-0.1, -0.05) is 0 Å². The highest BCUT2D eigenvalue weighted by atomic mass is 79.9. The molecule has 0 saturated carbocycles. The fraction of sp³-hybridized carbons (Fsp3) is 0.308. The van der Waals surface area contributed by atoms with Gasteiger partial charge in [0.1, 0.15) is 0 Å². The van der Waals surface area contributed by atoms with Crippen molar-refractivity contribution >= 4 is 43.5 Å². The van der Waals surface area contributed by atoms with Crippen molar-refractivity contribution in [2.45, 2.75) is 13.8 Å². The van der Waals surface area contributed by atoms with Gasteiger partial charge in [0, 0.05) is 27.6 Å². The number of halogens is 2. The van der Waals surface area contributed by atoms with Crippen LogP contribution < -0.4 is 10.6 Å². The lowest BCUT2D eigenvalue weighted by molar-refractivity contribution is -0.112. The van der Waals surface area contributed by atoms with Crippen LogP contribution in [0.5, 0.6) is 0 Å². The number of hydrogen-bond acceptors (Lipinski definition) is 2. The monoisotopic (exact) mass is 372 g/mol. The summed E-state index contributed by atoms with van der Waals surface area (Å²) >= 11 is 6.94. The number of aryl methyl sites for hydroxylation is 1. The van der Waals surface area contributed by atoms with Gasteiger partial charge in [-0.05, 0) is 69.0 Å². The van der Waals surface area contributed by atoms with Crippen molar-refractivity contribution in [3.05, 3.63) is 37.8 Å². The Labute approximate surface area is 123 Å². The Bertz CT molecular complexity index is 509. The molecule has 1 heterocycles. The molecule has 96 valence electrons. The maximum Gasteiger partial charge on any atom is 0.251 e. The molecule has 0 spiro atoms. The predicted molar refractivity (Wildman–Crippen MR) is 80.8 cm³/mol. The van der Waals surface area contributed by atoms with Gasteiger partial charge in [-0.2, -0.15) is 0 Å². The summed E-state index contributed by atoms with van der Waals surface area (Å²) < 4.78 is 1.76. The van der Waals surface area contributed by atoms with E-state index in [0.29, 0.717) is 0 Å². The van der Waals surface area contributed by atoms with Gasteiger partial charge in [0.15, 0.2) is 0 Å². The molecule has 0 atom stereocenters. The van der Waals surface area contributed by atoms with E-state index in [0.717, 1.165) is 38.9 Å². The minimum absolute atomic E-state index is 0.0447. The minimum Gasteiger partial charge on any atom is -0.320 e.